The molecule has 1 heterocycles. The van der Waals surface area contributed by atoms with Gasteiger partial charge >= 0.3 is 5.97 Å². The van der Waals surface area contributed by atoms with E-state index in [0.717, 1.165) is 19.2 Å². The lowest BCUT2D eigenvalue weighted by Crippen LogP contribution is -2.35. The van der Waals surface area contributed by atoms with Gasteiger partial charge in [-0.05, 0) is 45.0 Å². The lowest BCUT2D eigenvalue weighted by molar-refractivity contribution is 0.0698. The lowest BCUT2D eigenvalue weighted by atomic mass is 10.1. The van der Waals surface area contributed by atoms with E-state index in [2.05, 4.69) is 17.1 Å². The van der Waals surface area contributed by atoms with Crippen molar-refractivity contribution in [3.05, 3.63) is 23.5 Å². The standard InChI is InChI=1S/C14H20FN3O2/c1-9(18-4-2-3-5-18)8-17-13-6-10(14(19)20)12(16)7-11(13)15/h6-7,9,17H,2-5,8,16H2,1H3,(H,19,20). The third-order valence-electron chi connectivity index (χ3n) is 3.72. The number of anilines is 2. The monoisotopic (exact) mass is 281 g/mol. The van der Waals surface area contributed by atoms with Gasteiger partial charge in [0.15, 0.2) is 0 Å². The van der Waals surface area contributed by atoms with Gasteiger partial charge in [0.1, 0.15) is 5.82 Å². The highest BCUT2D eigenvalue weighted by atomic mass is 19.1. The molecule has 4 N–H and O–H groups in total. The Balaban J connectivity index is 2.05. The minimum Gasteiger partial charge on any atom is -0.478 e. The van der Waals surface area contributed by atoms with Crippen molar-refractivity contribution in [3.8, 4) is 0 Å². The SMILES string of the molecule is CC(CNc1cc(C(=O)O)c(N)cc1F)N1CCCC1. The number of hydrogen-bond donors (Lipinski definition) is 3. The van der Waals surface area contributed by atoms with E-state index >= 15 is 0 Å². The van der Waals surface area contributed by atoms with Crippen LogP contribution >= 0.6 is 0 Å². The van der Waals surface area contributed by atoms with Crippen molar-refractivity contribution in [1.29, 1.82) is 0 Å². The van der Waals surface area contributed by atoms with Crippen molar-refractivity contribution in [2.24, 2.45) is 0 Å². The number of nitrogen functional groups attached to an aromatic ring is 1. The summed E-state index contributed by atoms with van der Waals surface area (Å²) >= 11 is 0. The minimum atomic E-state index is -1.15. The summed E-state index contributed by atoms with van der Waals surface area (Å²) in [6.45, 7) is 4.77. The molecule has 1 aromatic carbocycles. The maximum atomic E-state index is 13.8. The van der Waals surface area contributed by atoms with Crippen molar-refractivity contribution in [3.63, 3.8) is 0 Å². The second-order valence-electron chi connectivity index (χ2n) is 5.20. The first-order valence-corrected chi connectivity index (χ1v) is 6.79. The molecule has 1 aromatic rings. The third kappa shape index (κ3) is 3.19. The molecule has 1 aliphatic heterocycles. The van der Waals surface area contributed by atoms with E-state index < -0.39 is 11.8 Å². The highest BCUT2D eigenvalue weighted by Gasteiger charge is 2.19. The minimum absolute atomic E-state index is 0.0619. The first kappa shape index (κ1) is 14.6. The molecule has 0 radical (unpaired) electrons. The maximum absolute atomic E-state index is 13.8. The van der Waals surface area contributed by atoms with Crippen LogP contribution in [0.1, 0.15) is 30.1 Å². The van der Waals surface area contributed by atoms with Crippen molar-refractivity contribution in [2.75, 3.05) is 30.7 Å². The van der Waals surface area contributed by atoms with Gasteiger partial charge in [-0.15, -0.1) is 0 Å². The Labute approximate surface area is 117 Å². The van der Waals surface area contributed by atoms with Crippen LogP contribution in [-0.2, 0) is 0 Å². The summed E-state index contributed by atoms with van der Waals surface area (Å²) in [4.78, 5) is 13.3. The molecular weight excluding hydrogens is 261 g/mol. The largest absolute Gasteiger partial charge is 0.478 e. The summed E-state index contributed by atoms with van der Waals surface area (Å²) in [5.41, 5.74) is 5.53. The fraction of sp³-hybridized carbons (Fsp3) is 0.500. The van der Waals surface area contributed by atoms with Gasteiger partial charge < -0.3 is 16.2 Å². The Hall–Kier alpha value is -1.82. The second kappa shape index (κ2) is 6.09. The predicted octanol–water partition coefficient (Wildman–Crippen LogP) is 2.00. The molecule has 1 fully saturated rings. The number of nitrogens with one attached hydrogen (secondary N) is 1. The summed E-state index contributed by atoms with van der Waals surface area (Å²) < 4.78 is 13.8. The van der Waals surface area contributed by atoms with Gasteiger partial charge in [0.2, 0.25) is 0 Å². The van der Waals surface area contributed by atoms with Crippen LogP contribution in [0.4, 0.5) is 15.8 Å². The highest BCUT2D eigenvalue weighted by molar-refractivity contribution is 5.94. The lowest BCUT2D eigenvalue weighted by Gasteiger charge is -2.24. The summed E-state index contributed by atoms with van der Waals surface area (Å²) in [5.74, 6) is -1.68. The maximum Gasteiger partial charge on any atom is 0.337 e. The van der Waals surface area contributed by atoms with E-state index in [-0.39, 0.29) is 23.0 Å². The molecule has 0 bridgehead atoms. The first-order valence-electron chi connectivity index (χ1n) is 6.79. The Morgan fingerprint density at radius 3 is 2.75 bits per heavy atom. The van der Waals surface area contributed by atoms with Gasteiger partial charge in [-0.1, -0.05) is 0 Å². The second-order valence-corrected chi connectivity index (χ2v) is 5.20. The van der Waals surface area contributed by atoms with Gasteiger partial charge in [-0.3, -0.25) is 4.90 Å². The Bertz CT molecular complexity index is 501. The van der Waals surface area contributed by atoms with E-state index in [1.54, 1.807) is 0 Å². The van der Waals surface area contributed by atoms with Crippen LogP contribution in [0.5, 0.6) is 0 Å². The highest BCUT2D eigenvalue weighted by Crippen LogP contribution is 2.22. The Morgan fingerprint density at radius 1 is 1.50 bits per heavy atom. The van der Waals surface area contributed by atoms with Crippen LogP contribution in [0.2, 0.25) is 0 Å². The summed E-state index contributed by atoms with van der Waals surface area (Å²) in [6, 6.07) is 2.58. The average Bonchev–Trinajstić information content (AvgIpc) is 2.90. The van der Waals surface area contributed by atoms with Crippen LogP contribution in [0, 0.1) is 5.82 Å². The molecule has 1 saturated heterocycles. The number of nitrogens with zero attached hydrogens (tertiary/aromatic N) is 1. The number of carbonyl (C=O) groups is 1. The van der Waals surface area contributed by atoms with E-state index in [0.29, 0.717) is 6.54 Å². The number of hydrogen-bond acceptors (Lipinski definition) is 4. The zero-order valence-electron chi connectivity index (χ0n) is 11.5. The molecular formula is C14H20FN3O2. The van der Waals surface area contributed by atoms with Gasteiger partial charge in [0, 0.05) is 18.3 Å². The first-order chi connectivity index (χ1) is 9.49. The molecule has 1 atom stereocenters. The normalized spacial score (nSPS) is 17.1. The Morgan fingerprint density at radius 2 is 2.15 bits per heavy atom. The van der Waals surface area contributed by atoms with E-state index in [1.165, 1.54) is 18.9 Å². The van der Waals surface area contributed by atoms with Gasteiger partial charge in [-0.25, -0.2) is 9.18 Å². The molecule has 5 nitrogen and oxygen atoms in total. The number of aromatic carboxylic acids is 1. The number of carboxylic acid groups (broad SMARTS) is 1. The number of rotatable bonds is 5. The number of likely N-dealkylation sites (tertiary alicyclic amines) is 1. The van der Waals surface area contributed by atoms with Gasteiger partial charge in [-0.2, -0.15) is 0 Å². The van der Waals surface area contributed by atoms with E-state index in [4.69, 9.17) is 10.8 Å². The fourth-order valence-corrected chi connectivity index (χ4v) is 2.48. The van der Waals surface area contributed by atoms with Crippen LogP contribution in [0.25, 0.3) is 0 Å². The van der Waals surface area contributed by atoms with E-state index in [1.807, 2.05) is 0 Å². The smallest absolute Gasteiger partial charge is 0.337 e. The molecule has 0 saturated carbocycles. The number of carboxylic acids is 1. The number of benzene rings is 1. The van der Waals surface area contributed by atoms with Crippen LogP contribution in [-0.4, -0.2) is 41.7 Å². The summed E-state index contributed by atoms with van der Waals surface area (Å²) in [7, 11) is 0. The predicted molar refractivity (Wildman–Crippen MR) is 76.5 cm³/mol. The zero-order chi connectivity index (χ0) is 14.7. The molecule has 0 aromatic heterocycles. The van der Waals surface area contributed by atoms with Crippen molar-refractivity contribution >= 4 is 17.3 Å². The fourth-order valence-electron chi connectivity index (χ4n) is 2.48. The molecule has 1 unspecified atom stereocenters. The van der Waals surface area contributed by atoms with Gasteiger partial charge in [0.25, 0.3) is 0 Å². The molecule has 2 rings (SSSR count). The van der Waals surface area contributed by atoms with Crippen molar-refractivity contribution in [2.45, 2.75) is 25.8 Å². The molecule has 110 valence electrons. The molecule has 0 aliphatic carbocycles. The number of nitrogens with two attached hydrogens (primary N) is 1. The molecule has 1 aliphatic rings. The quantitative estimate of drug-likeness (QED) is 0.719. The van der Waals surface area contributed by atoms with Crippen LogP contribution in [0.15, 0.2) is 12.1 Å². The van der Waals surface area contributed by atoms with Crippen molar-refractivity contribution < 1.29 is 14.3 Å². The summed E-state index contributed by atoms with van der Waals surface area (Å²) in [6.07, 6.45) is 2.40. The van der Waals surface area contributed by atoms with Gasteiger partial charge in [0.05, 0.1) is 11.3 Å². The molecule has 6 heteroatoms. The van der Waals surface area contributed by atoms with Crippen LogP contribution in [0.3, 0.4) is 0 Å². The van der Waals surface area contributed by atoms with Crippen LogP contribution < -0.4 is 11.1 Å². The third-order valence-corrected chi connectivity index (χ3v) is 3.72. The molecule has 0 amide bonds. The number of halogens is 1. The molecule has 0 spiro atoms. The average molecular weight is 281 g/mol. The molecule has 20 heavy (non-hydrogen) atoms. The zero-order valence-corrected chi connectivity index (χ0v) is 11.5. The Kier molecular flexibility index (Phi) is 4.44. The topological polar surface area (TPSA) is 78.6 Å². The van der Waals surface area contributed by atoms with Crippen molar-refractivity contribution in [1.82, 2.24) is 4.90 Å². The summed E-state index contributed by atoms with van der Waals surface area (Å²) in [5, 5.41) is 12.0. The van der Waals surface area contributed by atoms with E-state index in [9.17, 15) is 9.18 Å².